The van der Waals surface area contributed by atoms with Crippen molar-refractivity contribution in [2.24, 2.45) is 5.92 Å². The lowest BCUT2D eigenvalue weighted by molar-refractivity contribution is 0.207. The van der Waals surface area contributed by atoms with Crippen molar-refractivity contribution in [3.05, 3.63) is 0 Å². The van der Waals surface area contributed by atoms with E-state index in [0.29, 0.717) is 31.2 Å². The van der Waals surface area contributed by atoms with E-state index in [4.69, 9.17) is 9.47 Å². The fourth-order valence-electron chi connectivity index (χ4n) is 1.87. The second-order valence-corrected chi connectivity index (χ2v) is 4.76. The molecule has 1 heterocycles. The molecule has 19 heavy (non-hydrogen) atoms. The second-order valence-electron chi connectivity index (χ2n) is 4.76. The average molecular weight is 266 g/mol. The van der Waals surface area contributed by atoms with E-state index in [1.165, 1.54) is 19.3 Å². The first-order valence-electron chi connectivity index (χ1n) is 7.01. The van der Waals surface area contributed by atoms with Crippen LogP contribution in [0.5, 0.6) is 12.0 Å². The molecular weight excluding hydrogens is 244 g/mol. The van der Waals surface area contributed by atoms with Crippen molar-refractivity contribution in [3.8, 4) is 12.0 Å². The maximum atomic E-state index is 5.59. The zero-order valence-corrected chi connectivity index (χ0v) is 11.7. The highest BCUT2D eigenvalue weighted by Gasteiger charge is 2.17. The summed E-state index contributed by atoms with van der Waals surface area (Å²) in [6.07, 6.45) is 6.00. The molecule has 1 fully saturated rings. The number of ether oxygens (including phenoxy) is 2. The summed E-state index contributed by atoms with van der Waals surface area (Å²) in [7, 11) is 1.76. The van der Waals surface area contributed by atoms with E-state index >= 15 is 0 Å². The summed E-state index contributed by atoms with van der Waals surface area (Å²) in [5.41, 5.74) is 0. The standard InChI is InChI=1S/C13H22N4O2/c1-3-8-18-12-15-11(14-2)16-13(17-12)19-9-7-10-5-4-6-10/h10H,3-9H2,1-2H3,(H,14,15,16,17). The molecule has 0 radical (unpaired) electrons. The molecule has 6 heteroatoms. The molecule has 0 aliphatic heterocycles. The third kappa shape index (κ3) is 4.22. The summed E-state index contributed by atoms with van der Waals surface area (Å²) >= 11 is 0. The predicted octanol–water partition coefficient (Wildman–Crippen LogP) is 2.27. The number of nitrogens with one attached hydrogen (secondary N) is 1. The number of nitrogens with zero attached hydrogens (tertiary/aromatic N) is 3. The third-order valence-corrected chi connectivity index (χ3v) is 3.24. The third-order valence-electron chi connectivity index (χ3n) is 3.24. The minimum atomic E-state index is 0.319. The molecule has 0 spiro atoms. The van der Waals surface area contributed by atoms with Gasteiger partial charge in [-0.1, -0.05) is 26.2 Å². The van der Waals surface area contributed by atoms with E-state index < -0.39 is 0 Å². The van der Waals surface area contributed by atoms with Gasteiger partial charge in [0.05, 0.1) is 13.2 Å². The zero-order valence-electron chi connectivity index (χ0n) is 11.7. The lowest BCUT2D eigenvalue weighted by atomic mass is 9.83. The Morgan fingerprint density at radius 2 is 1.79 bits per heavy atom. The van der Waals surface area contributed by atoms with Gasteiger partial charge in [-0.2, -0.15) is 9.97 Å². The molecule has 2 rings (SSSR count). The summed E-state index contributed by atoms with van der Waals surface area (Å²) in [4.78, 5) is 12.4. The Morgan fingerprint density at radius 3 is 2.32 bits per heavy atom. The Bertz CT molecular complexity index is 396. The fraction of sp³-hybridized carbons (Fsp3) is 0.769. The van der Waals surface area contributed by atoms with Gasteiger partial charge in [-0.25, -0.2) is 0 Å². The highest BCUT2D eigenvalue weighted by Crippen LogP contribution is 2.29. The molecule has 0 aromatic carbocycles. The monoisotopic (exact) mass is 266 g/mol. The van der Waals surface area contributed by atoms with Gasteiger partial charge in [0, 0.05) is 7.05 Å². The van der Waals surface area contributed by atoms with Gasteiger partial charge in [0.1, 0.15) is 0 Å². The number of aromatic nitrogens is 3. The van der Waals surface area contributed by atoms with E-state index in [-0.39, 0.29) is 0 Å². The lowest BCUT2D eigenvalue weighted by Crippen LogP contribution is -2.15. The number of hydrogen-bond acceptors (Lipinski definition) is 6. The first kappa shape index (κ1) is 13.8. The summed E-state index contributed by atoms with van der Waals surface area (Å²) in [6.45, 7) is 3.29. The number of rotatable bonds is 8. The zero-order chi connectivity index (χ0) is 13.5. The van der Waals surface area contributed by atoms with Gasteiger partial charge in [-0.05, 0) is 18.8 Å². The van der Waals surface area contributed by atoms with Crippen LogP contribution in [-0.2, 0) is 0 Å². The Hall–Kier alpha value is -1.59. The SMILES string of the molecule is CCCOc1nc(NC)nc(OCCC2CCC2)n1. The molecule has 1 saturated carbocycles. The van der Waals surface area contributed by atoms with Gasteiger partial charge in [-0.3, -0.25) is 0 Å². The van der Waals surface area contributed by atoms with E-state index in [9.17, 15) is 0 Å². The normalized spacial score (nSPS) is 14.8. The van der Waals surface area contributed by atoms with Crippen molar-refractivity contribution in [2.75, 3.05) is 25.6 Å². The molecule has 6 nitrogen and oxygen atoms in total. The van der Waals surface area contributed by atoms with Crippen molar-refractivity contribution in [1.82, 2.24) is 15.0 Å². The molecule has 0 amide bonds. The quantitative estimate of drug-likeness (QED) is 0.778. The van der Waals surface area contributed by atoms with E-state index in [0.717, 1.165) is 18.8 Å². The minimum Gasteiger partial charge on any atom is -0.463 e. The molecule has 1 aliphatic rings. The Kier molecular flexibility index (Phi) is 5.18. The van der Waals surface area contributed by atoms with Crippen LogP contribution in [0.25, 0.3) is 0 Å². The summed E-state index contributed by atoms with van der Waals surface area (Å²) in [5.74, 6) is 1.29. The Morgan fingerprint density at radius 1 is 1.11 bits per heavy atom. The first-order valence-corrected chi connectivity index (χ1v) is 7.01. The average Bonchev–Trinajstić information content (AvgIpc) is 2.39. The molecule has 1 aromatic rings. The van der Waals surface area contributed by atoms with Crippen LogP contribution in [-0.4, -0.2) is 35.2 Å². The maximum absolute atomic E-state index is 5.59. The fourth-order valence-corrected chi connectivity index (χ4v) is 1.87. The van der Waals surface area contributed by atoms with E-state index in [1.54, 1.807) is 7.05 Å². The molecule has 0 bridgehead atoms. The summed E-state index contributed by atoms with van der Waals surface area (Å²) in [6, 6.07) is 0.657. The largest absolute Gasteiger partial charge is 0.463 e. The van der Waals surface area contributed by atoms with Crippen molar-refractivity contribution < 1.29 is 9.47 Å². The van der Waals surface area contributed by atoms with Crippen LogP contribution < -0.4 is 14.8 Å². The molecule has 0 atom stereocenters. The van der Waals surface area contributed by atoms with Crippen molar-refractivity contribution in [1.29, 1.82) is 0 Å². The maximum Gasteiger partial charge on any atom is 0.324 e. The van der Waals surface area contributed by atoms with Crippen molar-refractivity contribution in [2.45, 2.75) is 39.0 Å². The van der Waals surface area contributed by atoms with Crippen LogP contribution in [0.2, 0.25) is 0 Å². The van der Waals surface area contributed by atoms with Gasteiger partial charge < -0.3 is 14.8 Å². The van der Waals surface area contributed by atoms with Gasteiger partial charge in [0.15, 0.2) is 0 Å². The Labute approximate surface area is 114 Å². The minimum absolute atomic E-state index is 0.319. The van der Waals surface area contributed by atoms with Crippen molar-refractivity contribution >= 4 is 5.95 Å². The van der Waals surface area contributed by atoms with Gasteiger partial charge in [-0.15, -0.1) is 4.98 Å². The van der Waals surface area contributed by atoms with E-state index in [2.05, 4.69) is 20.3 Å². The predicted molar refractivity (Wildman–Crippen MR) is 72.6 cm³/mol. The van der Waals surface area contributed by atoms with Crippen LogP contribution in [0.3, 0.4) is 0 Å². The van der Waals surface area contributed by atoms with E-state index in [1.807, 2.05) is 6.92 Å². The van der Waals surface area contributed by atoms with Gasteiger partial charge in [0.25, 0.3) is 0 Å². The van der Waals surface area contributed by atoms with Crippen LogP contribution in [0.4, 0.5) is 5.95 Å². The number of anilines is 1. The highest BCUT2D eigenvalue weighted by molar-refractivity contribution is 5.26. The smallest absolute Gasteiger partial charge is 0.324 e. The second kappa shape index (κ2) is 7.11. The molecule has 1 aromatic heterocycles. The highest BCUT2D eigenvalue weighted by atomic mass is 16.5. The van der Waals surface area contributed by atoms with Crippen molar-refractivity contribution in [3.63, 3.8) is 0 Å². The summed E-state index contributed by atoms with van der Waals surface area (Å²) < 4.78 is 11.0. The van der Waals surface area contributed by atoms with Crippen LogP contribution in [0, 0.1) is 5.92 Å². The number of hydrogen-bond donors (Lipinski definition) is 1. The first-order chi connectivity index (χ1) is 9.31. The van der Waals surface area contributed by atoms with Crippen LogP contribution in [0.1, 0.15) is 39.0 Å². The topological polar surface area (TPSA) is 69.2 Å². The molecular formula is C13H22N4O2. The van der Waals surface area contributed by atoms with Crippen LogP contribution in [0.15, 0.2) is 0 Å². The summed E-state index contributed by atoms with van der Waals surface area (Å²) in [5, 5.41) is 2.88. The van der Waals surface area contributed by atoms with Gasteiger partial charge >= 0.3 is 12.0 Å². The van der Waals surface area contributed by atoms with Gasteiger partial charge in [0.2, 0.25) is 5.95 Å². The molecule has 106 valence electrons. The lowest BCUT2D eigenvalue weighted by Gasteiger charge is -2.24. The van der Waals surface area contributed by atoms with Crippen LogP contribution >= 0.6 is 0 Å². The molecule has 0 saturated heterocycles. The molecule has 1 aliphatic carbocycles. The molecule has 0 unspecified atom stereocenters. The Balaban J connectivity index is 1.89. The molecule has 1 N–H and O–H groups in total.